The Morgan fingerprint density at radius 2 is 2.05 bits per heavy atom. The molecule has 3 rings (SSSR count). The first kappa shape index (κ1) is 14.6. The van der Waals surface area contributed by atoms with Gasteiger partial charge in [-0.05, 0) is 25.0 Å². The Balaban J connectivity index is 1.77. The average Bonchev–Trinajstić information content (AvgIpc) is 3.13. The predicted octanol–water partition coefficient (Wildman–Crippen LogP) is 4.97. The van der Waals surface area contributed by atoms with E-state index >= 15 is 0 Å². The molecular weight excluding hydrogens is 302 g/mol. The van der Waals surface area contributed by atoms with Crippen LogP contribution in [0.15, 0.2) is 30.3 Å². The fraction of sp³-hybridized carbons (Fsp3) is 0.353. The molecule has 0 spiro atoms. The summed E-state index contributed by atoms with van der Waals surface area (Å²) in [5.74, 6) is 0.0652. The SMILES string of the molecule is CN(C(=O)C=Cc1sc2ccccc2c1Cl)C1CCCC1. The fourth-order valence-electron chi connectivity index (χ4n) is 2.88. The predicted molar refractivity (Wildman–Crippen MR) is 90.9 cm³/mol. The quantitative estimate of drug-likeness (QED) is 0.731. The Morgan fingerprint density at radius 1 is 1.33 bits per heavy atom. The molecule has 0 bridgehead atoms. The summed E-state index contributed by atoms with van der Waals surface area (Å²) in [6, 6.07) is 8.45. The third-order valence-electron chi connectivity index (χ3n) is 4.16. The lowest BCUT2D eigenvalue weighted by Gasteiger charge is -2.22. The van der Waals surface area contributed by atoms with Crippen molar-refractivity contribution in [1.29, 1.82) is 0 Å². The number of rotatable bonds is 3. The fourth-order valence-corrected chi connectivity index (χ4v) is 4.27. The van der Waals surface area contributed by atoms with Gasteiger partial charge in [0.1, 0.15) is 0 Å². The topological polar surface area (TPSA) is 20.3 Å². The number of carbonyl (C=O) groups is 1. The number of carbonyl (C=O) groups excluding carboxylic acids is 1. The van der Waals surface area contributed by atoms with Gasteiger partial charge in [0.2, 0.25) is 5.91 Å². The van der Waals surface area contributed by atoms with Gasteiger partial charge in [-0.3, -0.25) is 4.79 Å². The molecule has 1 aliphatic carbocycles. The standard InChI is InChI=1S/C17H18ClNOS/c1-19(12-6-2-3-7-12)16(20)11-10-15-17(18)13-8-4-5-9-14(13)21-15/h4-5,8-12H,2-3,6-7H2,1H3. The van der Waals surface area contributed by atoms with E-state index in [1.54, 1.807) is 17.4 Å². The van der Waals surface area contributed by atoms with Crippen molar-refractivity contribution in [3.8, 4) is 0 Å². The van der Waals surface area contributed by atoms with Crippen molar-refractivity contribution in [2.45, 2.75) is 31.7 Å². The molecule has 1 fully saturated rings. The number of nitrogens with zero attached hydrogens (tertiary/aromatic N) is 1. The van der Waals surface area contributed by atoms with E-state index < -0.39 is 0 Å². The van der Waals surface area contributed by atoms with E-state index in [1.807, 2.05) is 36.2 Å². The number of halogens is 1. The third-order valence-corrected chi connectivity index (χ3v) is 5.81. The van der Waals surface area contributed by atoms with Crippen LogP contribution in [0.25, 0.3) is 16.2 Å². The van der Waals surface area contributed by atoms with Crippen molar-refractivity contribution in [3.05, 3.63) is 40.2 Å². The zero-order valence-electron chi connectivity index (χ0n) is 12.0. The highest BCUT2D eigenvalue weighted by Crippen LogP contribution is 2.36. The molecule has 0 atom stereocenters. The highest BCUT2D eigenvalue weighted by Gasteiger charge is 2.21. The molecule has 0 unspecified atom stereocenters. The summed E-state index contributed by atoms with van der Waals surface area (Å²) in [5.41, 5.74) is 0. The lowest BCUT2D eigenvalue weighted by molar-refractivity contribution is -0.126. The Labute approximate surface area is 134 Å². The van der Waals surface area contributed by atoms with Gasteiger partial charge in [-0.15, -0.1) is 11.3 Å². The Kier molecular flexibility index (Phi) is 4.32. The van der Waals surface area contributed by atoms with Crippen molar-refractivity contribution in [2.24, 2.45) is 0 Å². The summed E-state index contributed by atoms with van der Waals surface area (Å²) in [5, 5.41) is 1.79. The number of amides is 1. The number of hydrogen-bond donors (Lipinski definition) is 0. The molecule has 1 aromatic heterocycles. The molecule has 0 aliphatic heterocycles. The van der Waals surface area contributed by atoms with Gasteiger partial charge in [-0.25, -0.2) is 0 Å². The molecule has 21 heavy (non-hydrogen) atoms. The zero-order chi connectivity index (χ0) is 14.8. The van der Waals surface area contributed by atoms with Gasteiger partial charge >= 0.3 is 0 Å². The van der Waals surface area contributed by atoms with Gasteiger partial charge in [0.05, 0.1) is 5.02 Å². The first-order valence-corrected chi connectivity index (χ1v) is 8.48. The van der Waals surface area contributed by atoms with Gasteiger partial charge in [-0.2, -0.15) is 0 Å². The minimum atomic E-state index is 0.0652. The molecule has 1 aromatic carbocycles. The minimum absolute atomic E-state index is 0.0652. The summed E-state index contributed by atoms with van der Waals surface area (Å²) in [6.07, 6.45) is 8.21. The molecule has 110 valence electrons. The monoisotopic (exact) mass is 319 g/mol. The van der Waals surface area contributed by atoms with Crippen molar-refractivity contribution in [2.75, 3.05) is 7.05 Å². The van der Waals surface area contributed by atoms with Gasteiger partial charge in [0, 0.05) is 34.1 Å². The molecule has 0 N–H and O–H groups in total. The van der Waals surface area contributed by atoms with Crippen LogP contribution in [0, 0.1) is 0 Å². The van der Waals surface area contributed by atoms with Crippen LogP contribution in [-0.2, 0) is 4.79 Å². The number of fused-ring (bicyclic) bond motifs is 1. The summed E-state index contributed by atoms with van der Waals surface area (Å²) in [4.78, 5) is 15.0. The van der Waals surface area contributed by atoms with E-state index in [4.69, 9.17) is 11.6 Å². The first-order chi connectivity index (χ1) is 10.2. The molecule has 4 heteroatoms. The Bertz CT molecular complexity index is 685. The molecule has 1 saturated carbocycles. The number of hydrogen-bond acceptors (Lipinski definition) is 2. The molecule has 2 aromatic rings. The molecular formula is C17H18ClNOS. The third kappa shape index (κ3) is 2.99. The summed E-state index contributed by atoms with van der Waals surface area (Å²) < 4.78 is 1.15. The van der Waals surface area contributed by atoms with E-state index in [0.29, 0.717) is 6.04 Å². The van der Waals surface area contributed by atoms with E-state index in [0.717, 1.165) is 32.8 Å². The maximum Gasteiger partial charge on any atom is 0.246 e. The number of likely N-dealkylation sites (N-methyl/N-ethyl adjacent to an activating group) is 1. The minimum Gasteiger partial charge on any atom is -0.339 e. The molecule has 1 aliphatic rings. The van der Waals surface area contributed by atoms with Crippen LogP contribution in [0.5, 0.6) is 0 Å². The lowest BCUT2D eigenvalue weighted by Crippen LogP contribution is -2.33. The molecule has 1 amide bonds. The first-order valence-electron chi connectivity index (χ1n) is 7.28. The number of thiophene rings is 1. The normalized spacial score (nSPS) is 16.1. The number of benzene rings is 1. The summed E-state index contributed by atoms with van der Waals surface area (Å²) in [6.45, 7) is 0. The maximum atomic E-state index is 12.2. The van der Waals surface area contributed by atoms with Crippen LogP contribution < -0.4 is 0 Å². The maximum absolute atomic E-state index is 12.2. The largest absolute Gasteiger partial charge is 0.339 e. The lowest BCUT2D eigenvalue weighted by atomic mass is 10.2. The molecule has 0 radical (unpaired) electrons. The molecule has 0 saturated heterocycles. The van der Waals surface area contributed by atoms with Crippen LogP contribution in [0.1, 0.15) is 30.6 Å². The van der Waals surface area contributed by atoms with E-state index in [-0.39, 0.29) is 5.91 Å². The van der Waals surface area contributed by atoms with E-state index in [1.165, 1.54) is 12.8 Å². The Hall–Kier alpha value is -1.32. The smallest absolute Gasteiger partial charge is 0.246 e. The van der Waals surface area contributed by atoms with E-state index in [9.17, 15) is 4.79 Å². The Morgan fingerprint density at radius 3 is 2.76 bits per heavy atom. The van der Waals surface area contributed by atoms with Gasteiger partial charge in [-0.1, -0.05) is 42.6 Å². The van der Waals surface area contributed by atoms with Crippen molar-refractivity contribution in [1.82, 2.24) is 4.90 Å². The summed E-state index contributed by atoms with van der Waals surface area (Å²) in [7, 11) is 1.90. The van der Waals surface area contributed by atoms with Gasteiger partial charge < -0.3 is 4.90 Å². The van der Waals surface area contributed by atoms with Gasteiger partial charge in [0.25, 0.3) is 0 Å². The van der Waals surface area contributed by atoms with Crippen LogP contribution in [0.2, 0.25) is 5.02 Å². The molecule has 1 heterocycles. The van der Waals surface area contributed by atoms with Crippen molar-refractivity contribution >= 4 is 45.0 Å². The van der Waals surface area contributed by atoms with Crippen LogP contribution in [0.4, 0.5) is 0 Å². The second-order valence-corrected chi connectivity index (χ2v) is 6.96. The van der Waals surface area contributed by atoms with Crippen LogP contribution in [-0.4, -0.2) is 23.9 Å². The average molecular weight is 320 g/mol. The van der Waals surface area contributed by atoms with Crippen molar-refractivity contribution < 1.29 is 4.79 Å². The van der Waals surface area contributed by atoms with Crippen molar-refractivity contribution in [3.63, 3.8) is 0 Å². The zero-order valence-corrected chi connectivity index (χ0v) is 13.6. The highest BCUT2D eigenvalue weighted by atomic mass is 35.5. The highest BCUT2D eigenvalue weighted by molar-refractivity contribution is 7.20. The molecule has 2 nitrogen and oxygen atoms in total. The van der Waals surface area contributed by atoms with Crippen LogP contribution >= 0.6 is 22.9 Å². The van der Waals surface area contributed by atoms with Gasteiger partial charge in [0.15, 0.2) is 0 Å². The second-order valence-electron chi connectivity index (χ2n) is 5.50. The van der Waals surface area contributed by atoms with Crippen LogP contribution in [0.3, 0.4) is 0 Å². The summed E-state index contributed by atoms with van der Waals surface area (Å²) >= 11 is 8.00. The van der Waals surface area contributed by atoms with E-state index in [2.05, 4.69) is 6.07 Å². The second kappa shape index (κ2) is 6.20.